The summed E-state index contributed by atoms with van der Waals surface area (Å²) in [6.45, 7) is 4.23. The lowest BCUT2D eigenvalue weighted by Gasteiger charge is -1.98. The van der Waals surface area contributed by atoms with Crippen LogP contribution in [-0.2, 0) is 0 Å². The molecule has 1 amide bonds. The van der Waals surface area contributed by atoms with Crippen LogP contribution in [0.1, 0.15) is 35.0 Å². The van der Waals surface area contributed by atoms with Crippen LogP contribution >= 0.6 is 0 Å². The third-order valence-corrected chi connectivity index (χ3v) is 1.81. The maximum atomic E-state index is 11.4. The number of carboxylic acids is 1. The van der Waals surface area contributed by atoms with Crippen LogP contribution in [0.4, 0.5) is 0 Å². The number of nitrogens with one attached hydrogen (secondary N) is 1. The van der Waals surface area contributed by atoms with E-state index in [1.165, 1.54) is 12.1 Å². The normalized spacial score (nSPS) is 9.62. The van der Waals surface area contributed by atoms with Gasteiger partial charge in [-0.05, 0) is 26.0 Å². The molecule has 1 aromatic rings. The minimum absolute atomic E-state index is 0.000411. The predicted octanol–water partition coefficient (Wildman–Crippen LogP) is 1.67. The van der Waals surface area contributed by atoms with E-state index in [-0.39, 0.29) is 11.5 Å². The molecule has 86 valence electrons. The van der Waals surface area contributed by atoms with Crippen molar-refractivity contribution in [3.63, 3.8) is 0 Å². The van der Waals surface area contributed by atoms with Crippen LogP contribution in [0.3, 0.4) is 0 Å². The van der Waals surface area contributed by atoms with E-state index in [1.807, 2.05) is 19.9 Å². The van der Waals surface area contributed by atoms with Gasteiger partial charge in [-0.15, -0.1) is 0 Å². The molecule has 16 heavy (non-hydrogen) atoms. The van der Waals surface area contributed by atoms with E-state index in [1.54, 1.807) is 0 Å². The fraction of sp³-hybridized carbons (Fsp3) is 0.273. The number of hydrogen-bond acceptors (Lipinski definition) is 3. The summed E-state index contributed by atoms with van der Waals surface area (Å²) < 4.78 is 4.83. The molecule has 0 aliphatic heterocycles. The van der Waals surface area contributed by atoms with E-state index < -0.39 is 11.9 Å². The molecule has 1 rings (SSSR count). The van der Waals surface area contributed by atoms with Crippen molar-refractivity contribution >= 4 is 11.9 Å². The number of carbonyl (C=O) groups is 2. The van der Waals surface area contributed by atoms with Crippen molar-refractivity contribution in [2.75, 3.05) is 6.54 Å². The van der Waals surface area contributed by atoms with Crippen molar-refractivity contribution in [1.82, 2.24) is 5.32 Å². The Kier molecular flexibility index (Phi) is 3.88. The van der Waals surface area contributed by atoms with Gasteiger partial charge in [0.05, 0.1) is 0 Å². The number of aromatic carboxylic acids is 1. The molecule has 0 fully saturated rings. The number of carbonyl (C=O) groups excluding carboxylic acids is 1. The maximum Gasteiger partial charge on any atom is 0.371 e. The maximum absolute atomic E-state index is 11.4. The summed E-state index contributed by atoms with van der Waals surface area (Å²) in [6, 6.07) is 2.58. The zero-order chi connectivity index (χ0) is 12.1. The third-order valence-electron chi connectivity index (χ3n) is 1.81. The number of allylic oxidation sites excluding steroid dienone is 1. The van der Waals surface area contributed by atoms with Gasteiger partial charge in [0.25, 0.3) is 5.91 Å². The number of carboxylic acid groups (broad SMARTS) is 1. The number of hydrogen-bond donors (Lipinski definition) is 2. The number of furan rings is 1. The summed E-state index contributed by atoms with van der Waals surface area (Å²) in [5.74, 6) is -1.86. The molecule has 1 aromatic heterocycles. The van der Waals surface area contributed by atoms with Gasteiger partial charge in [-0.2, -0.15) is 0 Å². The molecule has 0 atom stereocenters. The lowest BCUT2D eigenvalue weighted by molar-refractivity contribution is 0.0659. The molecule has 0 spiro atoms. The van der Waals surface area contributed by atoms with Gasteiger partial charge < -0.3 is 14.8 Å². The highest BCUT2D eigenvalue weighted by Crippen LogP contribution is 2.07. The molecule has 0 unspecified atom stereocenters. The molecule has 5 nitrogen and oxygen atoms in total. The molecule has 0 saturated heterocycles. The number of amides is 1. The third kappa shape index (κ3) is 3.27. The Hall–Kier alpha value is -2.04. The molecule has 0 aliphatic carbocycles. The smallest absolute Gasteiger partial charge is 0.371 e. The summed E-state index contributed by atoms with van der Waals surface area (Å²) in [4.78, 5) is 21.9. The van der Waals surface area contributed by atoms with Crippen LogP contribution in [0.2, 0.25) is 0 Å². The zero-order valence-electron chi connectivity index (χ0n) is 9.11. The van der Waals surface area contributed by atoms with E-state index in [0.29, 0.717) is 6.54 Å². The quantitative estimate of drug-likeness (QED) is 0.761. The van der Waals surface area contributed by atoms with Gasteiger partial charge in [0, 0.05) is 6.54 Å². The lowest BCUT2D eigenvalue weighted by Crippen LogP contribution is -2.22. The van der Waals surface area contributed by atoms with E-state index in [9.17, 15) is 9.59 Å². The fourth-order valence-electron chi connectivity index (χ4n) is 1.01. The highest BCUT2D eigenvalue weighted by Gasteiger charge is 2.13. The standard InChI is InChI=1S/C11H13NO4/c1-7(2)5-6-12-10(13)8-3-4-9(16-8)11(14)15/h3-5H,6H2,1-2H3,(H,12,13)(H,14,15). The van der Waals surface area contributed by atoms with Gasteiger partial charge >= 0.3 is 5.97 Å². The van der Waals surface area contributed by atoms with E-state index in [0.717, 1.165) is 5.57 Å². The Morgan fingerprint density at radius 3 is 2.50 bits per heavy atom. The fourth-order valence-corrected chi connectivity index (χ4v) is 1.01. The molecule has 0 aromatic carbocycles. The first-order valence-corrected chi connectivity index (χ1v) is 4.75. The molecule has 0 radical (unpaired) electrons. The summed E-state index contributed by atoms with van der Waals surface area (Å²) in [7, 11) is 0. The van der Waals surface area contributed by atoms with Gasteiger partial charge in [-0.3, -0.25) is 4.79 Å². The first-order chi connectivity index (χ1) is 7.50. The molecule has 5 heteroatoms. The van der Waals surface area contributed by atoms with E-state index in [2.05, 4.69) is 5.32 Å². The molecule has 0 aliphatic rings. The van der Waals surface area contributed by atoms with Crippen molar-refractivity contribution in [2.24, 2.45) is 0 Å². The molecular formula is C11H13NO4. The summed E-state index contributed by atoms with van der Waals surface area (Å²) >= 11 is 0. The van der Waals surface area contributed by atoms with Crippen LogP contribution in [0.15, 0.2) is 28.2 Å². The van der Waals surface area contributed by atoms with Gasteiger partial charge in [-0.1, -0.05) is 11.6 Å². The Labute approximate surface area is 92.8 Å². The second-order valence-corrected chi connectivity index (χ2v) is 3.46. The van der Waals surface area contributed by atoms with Gasteiger partial charge in [0.1, 0.15) is 0 Å². The van der Waals surface area contributed by atoms with Crippen LogP contribution in [0, 0.1) is 0 Å². The topological polar surface area (TPSA) is 79.5 Å². The SMILES string of the molecule is CC(C)=CCNC(=O)c1ccc(C(=O)O)o1. The van der Waals surface area contributed by atoms with Crippen LogP contribution in [0.25, 0.3) is 0 Å². The second kappa shape index (κ2) is 5.16. The molecular weight excluding hydrogens is 210 g/mol. The Morgan fingerprint density at radius 1 is 1.38 bits per heavy atom. The highest BCUT2D eigenvalue weighted by atomic mass is 16.4. The first-order valence-electron chi connectivity index (χ1n) is 4.75. The number of rotatable bonds is 4. The van der Waals surface area contributed by atoms with Gasteiger partial charge in [-0.25, -0.2) is 4.79 Å². The molecule has 0 saturated carbocycles. The monoisotopic (exact) mass is 223 g/mol. The van der Waals surface area contributed by atoms with Crippen LogP contribution < -0.4 is 5.32 Å². The largest absolute Gasteiger partial charge is 0.475 e. The van der Waals surface area contributed by atoms with E-state index >= 15 is 0 Å². The molecule has 0 bridgehead atoms. The second-order valence-electron chi connectivity index (χ2n) is 3.46. The predicted molar refractivity (Wildman–Crippen MR) is 57.4 cm³/mol. The summed E-state index contributed by atoms with van der Waals surface area (Å²) in [5, 5.41) is 11.2. The zero-order valence-corrected chi connectivity index (χ0v) is 9.11. The highest BCUT2D eigenvalue weighted by molar-refractivity contribution is 5.93. The summed E-state index contributed by atoms with van der Waals surface area (Å²) in [6.07, 6.45) is 1.85. The van der Waals surface area contributed by atoms with Crippen molar-refractivity contribution in [1.29, 1.82) is 0 Å². The van der Waals surface area contributed by atoms with Crippen molar-refractivity contribution in [3.8, 4) is 0 Å². The summed E-state index contributed by atoms with van der Waals surface area (Å²) in [5.41, 5.74) is 1.09. The van der Waals surface area contributed by atoms with E-state index in [4.69, 9.17) is 9.52 Å². The average Bonchev–Trinajstić information content (AvgIpc) is 2.65. The Morgan fingerprint density at radius 2 is 2.00 bits per heavy atom. The Bertz CT molecular complexity index is 427. The van der Waals surface area contributed by atoms with Crippen molar-refractivity contribution in [2.45, 2.75) is 13.8 Å². The van der Waals surface area contributed by atoms with Gasteiger partial charge in [0.15, 0.2) is 5.76 Å². The minimum Gasteiger partial charge on any atom is -0.475 e. The van der Waals surface area contributed by atoms with Crippen molar-refractivity contribution in [3.05, 3.63) is 35.3 Å². The van der Waals surface area contributed by atoms with Gasteiger partial charge in [0.2, 0.25) is 5.76 Å². The lowest BCUT2D eigenvalue weighted by atomic mass is 10.3. The van der Waals surface area contributed by atoms with Crippen LogP contribution in [-0.4, -0.2) is 23.5 Å². The van der Waals surface area contributed by atoms with Crippen LogP contribution in [0.5, 0.6) is 0 Å². The average molecular weight is 223 g/mol. The minimum atomic E-state index is -1.19. The van der Waals surface area contributed by atoms with Crippen molar-refractivity contribution < 1.29 is 19.1 Å². The molecule has 2 N–H and O–H groups in total. The first kappa shape index (κ1) is 12.0. The Balaban J connectivity index is 2.59. The molecule has 1 heterocycles.